The molecular weight excluding hydrogens is 262 g/mol. The second kappa shape index (κ2) is 8.63. The maximum atomic E-state index is 12.1. The number of ether oxygens (including phenoxy) is 1. The maximum Gasteiger partial charge on any atom is 0.253 e. The lowest BCUT2D eigenvalue weighted by molar-refractivity contribution is -0.114. The van der Waals surface area contributed by atoms with Gasteiger partial charge in [-0.2, -0.15) is 0 Å². The molecule has 3 heteroatoms. The lowest BCUT2D eigenvalue weighted by atomic mass is 10.0. The van der Waals surface area contributed by atoms with Crippen molar-refractivity contribution in [2.24, 2.45) is 0 Å². The van der Waals surface area contributed by atoms with Crippen molar-refractivity contribution in [2.75, 3.05) is 11.9 Å². The predicted octanol–water partition coefficient (Wildman–Crippen LogP) is 4.31. The summed E-state index contributed by atoms with van der Waals surface area (Å²) >= 11 is 0. The van der Waals surface area contributed by atoms with E-state index >= 15 is 0 Å². The van der Waals surface area contributed by atoms with Crippen LogP contribution < -0.4 is 5.32 Å². The van der Waals surface area contributed by atoms with Crippen molar-refractivity contribution < 1.29 is 9.53 Å². The monoisotopic (exact) mass is 287 g/mol. The Morgan fingerprint density at radius 3 is 2.71 bits per heavy atom. The summed E-state index contributed by atoms with van der Waals surface area (Å²) in [6, 6.07) is 9.53. The number of unbranched alkanes of at least 4 members (excludes halogenated alkanes) is 3. The molecule has 0 aromatic heterocycles. The average Bonchev–Trinajstić information content (AvgIpc) is 2.53. The molecule has 1 amide bonds. The van der Waals surface area contributed by atoms with Gasteiger partial charge in [0.1, 0.15) is 0 Å². The third-order valence-corrected chi connectivity index (χ3v) is 3.80. The van der Waals surface area contributed by atoms with Gasteiger partial charge in [-0.25, -0.2) is 0 Å². The van der Waals surface area contributed by atoms with E-state index in [2.05, 4.69) is 12.2 Å². The first-order chi connectivity index (χ1) is 10.3. The summed E-state index contributed by atoms with van der Waals surface area (Å²) in [6.45, 7) is 2.65. The van der Waals surface area contributed by atoms with Crippen LogP contribution in [0.5, 0.6) is 0 Å². The van der Waals surface area contributed by atoms with E-state index in [1.807, 2.05) is 36.4 Å². The van der Waals surface area contributed by atoms with E-state index in [1.165, 1.54) is 25.7 Å². The molecule has 1 aromatic carbocycles. The molecule has 21 heavy (non-hydrogen) atoms. The summed E-state index contributed by atoms with van der Waals surface area (Å²) in [5.41, 5.74) is 1.56. The van der Waals surface area contributed by atoms with Gasteiger partial charge in [0.05, 0.1) is 12.7 Å². The molecule has 0 fully saturated rings. The number of carbonyl (C=O) groups excluding carboxylic acids is 1. The average molecular weight is 287 g/mol. The molecule has 0 radical (unpaired) electrons. The molecule has 114 valence electrons. The summed E-state index contributed by atoms with van der Waals surface area (Å²) in [5, 5.41) is 2.90. The Kier molecular flexibility index (Phi) is 6.48. The fourth-order valence-electron chi connectivity index (χ4n) is 2.50. The first kappa shape index (κ1) is 15.8. The minimum atomic E-state index is -0.0503. The highest BCUT2D eigenvalue weighted by atomic mass is 16.5. The lowest BCUT2D eigenvalue weighted by Crippen LogP contribution is -2.25. The zero-order valence-corrected chi connectivity index (χ0v) is 12.8. The molecule has 0 bridgehead atoms. The van der Waals surface area contributed by atoms with Gasteiger partial charge in [-0.15, -0.1) is 0 Å². The number of carbonyl (C=O) groups is 1. The second-order valence-corrected chi connectivity index (χ2v) is 5.57. The van der Waals surface area contributed by atoms with Crippen LogP contribution in [0.4, 0.5) is 5.69 Å². The number of amides is 1. The molecule has 1 heterocycles. The SMILES string of the molecule is CCCCCCC1CC=C(C(=O)Nc2ccccc2)CO1. The third kappa shape index (κ3) is 5.35. The number of hydrogen-bond donors (Lipinski definition) is 1. The van der Waals surface area contributed by atoms with Crippen LogP contribution in [0.25, 0.3) is 0 Å². The highest BCUT2D eigenvalue weighted by molar-refractivity contribution is 6.03. The number of anilines is 1. The van der Waals surface area contributed by atoms with Crippen LogP contribution in [-0.2, 0) is 9.53 Å². The van der Waals surface area contributed by atoms with Crippen LogP contribution in [0, 0.1) is 0 Å². The lowest BCUT2D eigenvalue weighted by Gasteiger charge is -2.22. The van der Waals surface area contributed by atoms with E-state index in [4.69, 9.17) is 4.74 Å². The Balaban J connectivity index is 1.75. The van der Waals surface area contributed by atoms with Crippen LogP contribution in [0.15, 0.2) is 42.0 Å². The minimum absolute atomic E-state index is 0.0503. The van der Waals surface area contributed by atoms with Crippen LogP contribution in [0.2, 0.25) is 0 Å². The Bertz CT molecular complexity index is 467. The van der Waals surface area contributed by atoms with Crippen LogP contribution in [0.1, 0.15) is 45.4 Å². The summed E-state index contributed by atoms with van der Waals surface area (Å²) in [5.74, 6) is -0.0503. The van der Waals surface area contributed by atoms with E-state index < -0.39 is 0 Å². The molecule has 0 spiro atoms. The first-order valence-electron chi connectivity index (χ1n) is 7.96. The maximum absolute atomic E-state index is 12.1. The van der Waals surface area contributed by atoms with Gasteiger partial charge >= 0.3 is 0 Å². The molecule has 1 atom stereocenters. The van der Waals surface area contributed by atoms with Gasteiger partial charge in [0.2, 0.25) is 0 Å². The molecule has 0 saturated carbocycles. The Labute approximate surface area is 127 Å². The minimum Gasteiger partial charge on any atom is -0.373 e. The van der Waals surface area contributed by atoms with Crippen molar-refractivity contribution in [3.63, 3.8) is 0 Å². The Morgan fingerprint density at radius 1 is 1.24 bits per heavy atom. The smallest absolute Gasteiger partial charge is 0.253 e. The first-order valence-corrected chi connectivity index (χ1v) is 7.96. The van der Waals surface area contributed by atoms with Crippen LogP contribution >= 0.6 is 0 Å². The zero-order valence-electron chi connectivity index (χ0n) is 12.8. The molecule has 1 N–H and O–H groups in total. The number of hydrogen-bond acceptors (Lipinski definition) is 2. The topological polar surface area (TPSA) is 38.3 Å². The van der Waals surface area contributed by atoms with Gasteiger partial charge < -0.3 is 10.1 Å². The molecule has 1 unspecified atom stereocenters. The van der Waals surface area contributed by atoms with Crippen molar-refractivity contribution >= 4 is 11.6 Å². The van der Waals surface area contributed by atoms with Crippen molar-refractivity contribution in [3.8, 4) is 0 Å². The fraction of sp³-hybridized carbons (Fsp3) is 0.500. The molecule has 0 aliphatic carbocycles. The summed E-state index contributed by atoms with van der Waals surface area (Å²) in [4.78, 5) is 12.1. The zero-order chi connectivity index (χ0) is 14.9. The van der Waals surface area contributed by atoms with Gasteiger partial charge in [0.15, 0.2) is 0 Å². The van der Waals surface area contributed by atoms with Gasteiger partial charge in [0.25, 0.3) is 5.91 Å². The van der Waals surface area contributed by atoms with Crippen molar-refractivity contribution in [1.82, 2.24) is 0 Å². The number of para-hydroxylation sites is 1. The highest BCUT2D eigenvalue weighted by Crippen LogP contribution is 2.19. The van der Waals surface area contributed by atoms with E-state index in [0.29, 0.717) is 6.61 Å². The number of rotatable bonds is 7. The molecule has 2 rings (SSSR count). The Hall–Kier alpha value is -1.61. The normalized spacial score (nSPS) is 18.1. The van der Waals surface area contributed by atoms with E-state index in [-0.39, 0.29) is 12.0 Å². The standard InChI is InChI=1S/C18H25NO2/c1-2-3-4-8-11-17-13-12-15(14-21-17)18(20)19-16-9-6-5-7-10-16/h5-7,9-10,12,17H,2-4,8,11,13-14H2,1H3,(H,19,20). The van der Waals surface area contributed by atoms with Crippen LogP contribution in [-0.4, -0.2) is 18.6 Å². The van der Waals surface area contributed by atoms with Crippen molar-refractivity contribution in [1.29, 1.82) is 0 Å². The highest BCUT2D eigenvalue weighted by Gasteiger charge is 2.18. The molecule has 0 saturated heterocycles. The van der Waals surface area contributed by atoms with Crippen molar-refractivity contribution in [3.05, 3.63) is 42.0 Å². The molecule has 3 nitrogen and oxygen atoms in total. The van der Waals surface area contributed by atoms with Crippen LogP contribution in [0.3, 0.4) is 0 Å². The van der Waals surface area contributed by atoms with Gasteiger partial charge in [-0.1, -0.05) is 56.9 Å². The number of benzene rings is 1. The molecule has 1 aromatic rings. The summed E-state index contributed by atoms with van der Waals surface area (Å²) in [7, 11) is 0. The predicted molar refractivity (Wildman–Crippen MR) is 86.3 cm³/mol. The molecule has 1 aliphatic heterocycles. The van der Waals surface area contributed by atoms with Gasteiger partial charge in [0, 0.05) is 11.3 Å². The Morgan fingerprint density at radius 2 is 2.05 bits per heavy atom. The van der Waals surface area contributed by atoms with E-state index in [0.717, 1.165) is 24.1 Å². The number of nitrogens with one attached hydrogen (secondary N) is 1. The summed E-state index contributed by atoms with van der Waals surface area (Å²) < 4.78 is 5.80. The van der Waals surface area contributed by atoms with E-state index in [9.17, 15) is 4.79 Å². The van der Waals surface area contributed by atoms with E-state index in [1.54, 1.807) is 0 Å². The second-order valence-electron chi connectivity index (χ2n) is 5.57. The molecule has 1 aliphatic rings. The third-order valence-electron chi connectivity index (χ3n) is 3.80. The largest absolute Gasteiger partial charge is 0.373 e. The fourth-order valence-corrected chi connectivity index (χ4v) is 2.50. The quantitative estimate of drug-likeness (QED) is 0.759. The van der Waals surface area contributed by atoms with Gasteiger partial charge in [-0.05, 0) is 25.0 Å². The molecular formula is C18H25NO2. The van der Waals surface area contributed by atoms with Gasteiger partial charge in [-0.3, -0.25) is 4.79 Å². The van der Waals surface area contributed by atoms with Crippen molar-refractivity contribution in [2.45, 2.75) is 51.6 Å². The summed E-state index contributed by atoms with van der Waals surface area (Å²) in [6.07, 6.45) is 9.33.